The third kappa shape index (κ3) is 3.61. The summed E-state index contributed by atoms with van der Waals surface area (Å²) in [6.07, 6.45) is 1.71. The van der Waals surface area contributed by atoms with E-state index in [1.54, 1.807) is 48.9 Å². The van der Waals surface area contributed by atoms with Gasteiger partial charge in [0.25, 0.3) is 5.91 Å². The molecular formula is C20H21N3O4S2. The number of fused-ring (bicyclic) bond motifs is 1. The molecule has 7 nitrogen and oxygen atoms in total. The number of carbonyl (C=O) groups is 1. The number of aromatic nitrogens is 1. The highest BCUT2D eigenvalue weighted by Gasteiger charge is 2.29. The Kier molecular flexibility index (Phi) is 5.05. The lowest BCUT2D eigenvalue weighted by molar-refractivity contribution is 0.102. The minimum Gasteiger partial charge on any atom is -0.322 e. The highest BCUT2D eigenvalue weighted by Crippen LogP contribution is 2.26. The number of hydrogen-bond donors (Lipinski definition) is 1. The Morgan fingerprint density at radius 2 is 1.83 bits per heavy atom. The molecule has 1 fully saturated rings. The summed E-state index contributed by atoms with van der Waals surface area (Å²) in [4.78, 5) is 24.6. The van der Waals surface area contributed by atoms with E-state index in [9.17, 15) is 18.0 Å². The molecule has 0 saturated carbocycles. The maximum absolute atomic E-state index is 12.9. The predicted octanol–water partition coefficient (Wildman–Crippen LogP) is 2.95. The second-order valence-corrected chi connectivity index (χ2v) is 10.1. The maximum atomic E-state index is 12.9. The number of anilines is 1. The number of hydrogen-bond acceptors (Lipinski definition) is 5. The van der Waals surface area contributed by atoms with Crippen LogP contribution >= 0.6 is 11.3 Å². The summed E-state index contributed by atoms with van der Waals surface area (Å²) in [7, 11) is -1.91. The van der Waals surface area contributed by atoms with Gasteiger partial charge in [0.15, 0.2) is 0 Å². The summed E-state index contributed by atoms with van der Waals surface area (Å²) >= 11 is 1.11. The zero-order valence-electron chi connectivity index (χ0n) is 16.1. The van der Waals surface area contributed by atoms with Crippen LogP contribution < -0.4 is 10.2 Å². The van der Waals surface area contributed by atoms with Crippen LogP contribution in [0.1, 0.15) is 28.8 Å². The van der Waals surface area contributed by atoms with E-state index in [4.69, 9.17) is 0 Å². The van der Waals surface area contributed by atoms with E-state index in [0.29, 0.717) is 24.3 Å². The van der Waals surface area contributed by atoms with Crippen molar-refractivity contribution < 1.29 is 13.2 Å². The van der Waals surface area contributed by atoms with Crippen LogP contribution in [0.3, 0.4) is 0 Å². The molecule has 152 valence electrons. The quantitative estimate of drug-likeness (QED) is 0.688. The summed E-state index contributed by atoms with van der Waals surface area (Å²) in [5.74, 6) is -0.398. The van der Waals surface area contributed by atoms with E-state index in [2.05, 4.69) is 5.32 Å². The molecule has 0 radical (unpaired) electrons. The van der Waals surface area contributed by atoms with Gasteiger partial charge in [-0.3, -0.25) is 9.59 Å². The molecule has 0 aliphatic carbocycles. The number of benzene rings is 2. The first kappa shape index (κ1) is 19.8. The van der Waals surface area contributed by atoms with Crippen molar-refractivity contribution in [1.29, 1.82) is 0 Å². The topological polar surface area (TPSA) is 88.5 Å². The van der Waals surface area contributed by atoms with Gasteiger partial charge >= 0.3 is 4.87 Å². The molecule has 1 aromatic heterocycles. The Balaban J connectivity index is 1.63. The first-order chi connectivity index (χ1) is 13.8. The van der Waals surface area contributed by atoms with Gasteiger partial charge in [0, 0.05) is 31.4 Å². The standard InChI is InChI=1S/C20H21N3O4S2/c1-13-5-6-14(11-18(13)29(26,27)23-9-3-4-10-23)19(24)21-15-7-8-16-17(12-15)28-20(25)22(16)2/h5-8,11-12H,3-4,9-10H2,1-2H3,(H,21,24). The lowest BCUT2D eigenvalue weighted by Crippen LogP contribution is -2.28. The van der Waals surface area contributed by atoms with Gasteiger partial charge in [0.1, 0.15) is 0 Å². The molecule has 0 bridgehead atoms. The molecule has 2 heterocycles. The van der Waals surface area contributed by atoms with Gasteiger partial charge in [-0.05, 0) is 55.7 Å². The van der Waals surface area contributed by atoms with Crippen molar-refractivity contribution in [1.82, 2.24) is 8.87 Å². The van der Waals surface area contributed by atoms with Crippen molar-refractivity contribution in [2.24, 2.45) is 7.05 Å². The van der Waals surface area contributed by atoms with E-state index >= 15 is 0 Å². The smallest absolute Gasteiger partial charge is 0.307 e. The Hall–Kier alpha value is -2.49. The van der Waals surface area contributed by atoms with Crippen LogP contribution in [0.2, 0.25) is 0 Å². The SMILES string of the molecule is Cc1ccc(C(=O)Nc2ccc3c(c2)sc(=O)n3C)cc1S(=O)(=O)N1CCCC1. The van der Waals surface area contributed by atoms with Gasteiger partial charge in [0.2, 0.25) is 10.0 Å². The van der Waals surface area contributed by atoms with Crippen LogP contribution in [0.15, 0.2) is 46.1 Å². The number of carbonyl (C=O) groups excluding carboxylic acids is 1. The third-order valence-corrected chi connectivity index (χ3v) is 8.22. The molecule has 3 aromatic rings. The molecule has 0 unspecified atom stereocenters. The van der Waals surface area contributed by atoms with Gasteiger partial charge in [-0.2, -0.15) is 4.31 Å². The molecule has 0 atom stereocenters. The van der Waals surface area contributed by atoms with E-state index in [0.717, 1.165) is 34.4 Å². The lowest BCUT2D eigenvalue weighted by atomic mass is 10.1. The van der Waals surface area contributed by atoms with E-state index < -0.39 is 15.9 Å². The van der Waals surface area contributed by atoms with E-state index in [1.807, 2.05) is 0 Å². The molecular weight excluding hydrogens is 410 g/mol. The number of rotatable bonds is 4. The third-order valence-electron chi connectivity index (χ3n) is 5.18. The number of sulfonamides is 1. The molecule has 29 heavy (non-hydrogen) atoms. The van der Waals surface area contributed by atoms with Crippen molar-refractivity contribution in [2.75, 3.05) is 18.4 Å². The zero-order valence-corrected chi connectivity index (χ0v) is 17.8. The summed E-state index contributed by atoms with van der Waals surface area (Å²) in [5, 5.41) is 2.79. The number of nitrogens with one attached hydrogen (secondary N) is 1. The van der Waals surface area contributed by atoms with Gasteiger partial charge in [-0.15, -0.1) is 0 Å². The minimum atomic E-state index is -3.61. The average molecular weight is 432 g/mol. The molecule has 2 aromatic carbocycles. The Morgan fingerprint density at radius 3 is 2.55 bits per heavy atom. The predicted molar refractivity (Wildman–Crippen MR) is 114 cm³/mol. The molecule has 4 rings (SSSR count). The zero-order chi connectivity index (χ0) is 20.8. The fraction of sp³-hybridized carbons (Fsp3) is 0.300. The number of nitrogens with zero attached hydrogens (tertiary/aromatic N) is 2. The summed E-state index contributed by atoms with van der Waals surface area (Å²) < 4.78 is 29.7. The fourth-order valence-corrected chi connectivity index (χ4v) is 6.19. The second kappa shape index (κ2) is 7.40. The van der Waals surface area contributed by atoms with Gasteiger partial charge in [0.05, 0.1) is 15.1 Å². The Morgan fingerprint density at radius 1 is 1.10 bits per heavy atom. The number of thiazole rings is 1. The molecule has 1 aliphatic rings. The summed E-state index contributed by atoms with van der Waals surface area (Å²) in [6, 6.07) is 9.97. The van der Waals surface area contributed by atoms with Crippen LogP contribution in [-0.4, -0.2) is 36.3 Å². The normalized spacial score (nSPS) is 15.1. The van der Waals surface area contributed by atoms with Crippen molar-refractivity contribution in [3.05, 3.63) is 57.2 Å². The number of amides is 1. The van der Waals surface area contributed by atoms with Crippen LogP contribution in [0.25, 0.3) is 10.2 Å². The summed E-state index contributed by atoms with van der Waals surface area (Å²) in [6.45, 7) is 2.76. The molecule has 1 amide bonds. The van der Waals surface area contributed by atoms with Crippen molar-refractivity contribution in [3.8, 4) is 0 Å². The highest BCUT2D eigenvalue weighted by molar-refractivity contribution is 7.89. The number of aryl methyl sites for hydroxylation is 2. The molecule has 0 spiro atoms. The van der Waals surface area contributed by atoms with Crippen LogP contribution in [0.5, 0.6) is 0 Å². The maximum Gasteiger partial charge on any atom is 0.307 e. The van der Waals surface area contributed by atoms with Crippen LogP contribution in [0, 0.1) is 6.92 Å². The highest BCUT2D eigenvalue weighted by atomic mass is 32.2. The molecule has 1 aliphatic heterocycles. The lowest BCUT2D eigenvalue weighted by Gasteiger charge is -2.18. The van der Waals surface area contributed by atoms with Gasteiger partial charge in [-0.1, -0.05) is 17.4 Å². The molecule has 1 saturated heterocycles. The van der Waals surface area contributed by atoms with Gasteiger partial charge < -0.3 is 9.88 Å². The van der Waals surface area contributed by atoms with Crippen molar-refractivity contribution in [3.63, 3.8) is 0 Å². The average Bonchev–Trinajstić information content (AvgIpc) is 3.31. The molecule has 9 heteroatoms. The monoisotopic (exact) mass is 431 g/mol. The van der Waals surface area contributed by atoms with E-state index in [-0.39, 0.29) is 15.3 Å². The van der Waals surface area contributed by atoms with Crippen molar-refractivity contribution >= 4 is 43.2 Å². The van der Waals surface area contributed by atoms with Crippen LogP contribution in [-0.2, 0) is 17.1 Å². The second-order valence-electron chi connectivity index (χ2n) is 7.16. The largest absolute Gasteiger partial charge is 0.322 e. The Labute approximate surface area is 172 Å². The first-order valence-electron chi connectivity index (χ1n) is 9.29. The van der Waals surface area contributed by atoms with E-state index in [1.165, 1.54) is 10.4 Å². The molecule has 1 N–H and O–H groups in total. The van der Waals surface area contributed by atoms with Crippen LogP contribution in [0.4, 0.5) is 5.69 Å². The summed E-state index contributed by atoms with van der Waals surface area (Å²) in [5.41, 5.74) is 2.24. The van der Waals surface area contributed by atoms with Crippen molar-refractivity contribution in [2.45, 2.75) is 24.7 Å². The fourth-order valence-electron chi connectivity index (χ4n) is 3.50. The van der Waals surface area contributed by atoms with Gasteiger partial charge in [-0.25, -0.2) is 8.42 Å². The minimum absolute atomic E-state index is 0.0706. The first-order valence-corrected chi connectivity index (χ1v) is 11.5. The Bertz CT molecular complexity index is 1270.